The van der Waals surface area contributed by atoms with E-state index in [0.717, 1.165) is 17.0 Å². The van der Waals surface area contributed by atoms with Crippen molar-refractivity contribution in [2.75, 3.05) is 23.5 Å². The number of anilines is 1. The number of hydrogen-bond acceptors (Lipinski definition) is 5. The standard InChI is InChI=1S/C18H20N2O2S/c1-2-22-18(21)14-23-13-17(15-9-5-3-6-10-15)20-19-16-11-7-4-8-12-16/h3-12,19H,2,13-14H2,1H3/b20-17+. The van der Waals surface area contributed by atoms with Gasteiger partial charge in [0, 0.05) is 5.75 Å². The first-order valence-electron chi connectivity index (χ1n) is 7.46. The minimum atomic E-state index is -0.194. The number of rotatable bonds is 8. The van der Waals surface area contributed by atoms with E-state index in [1.54, 1.807) is 0 Å². The van der Waals surface area contributed by atoms with E-state index in [1.165, 1.54) is 11.8 Å². The number of hydrogen-bond donors (Lipinski definition) is 1. The second-order valence-electron chi connectivity index (χ2n) is 4.70. The molecule has 120 valence electrons. The molecule has 0 amide bonds. The van der Waals surface area contributed by atoms with Gasteiger partial charge in [-0.3, -0.25) is 10.2 Å². The van der Waals surface area contributed by atoms with Gasteiger partial charge in [0.2, 0.25) is 0 Å². The molecular weight excluding hydrogens is 308 g/mol. The van der Waals surface area contributed by atoms with E-state index in [2.05, 4.69) is 10.5 Å². The van der Waals surface area contributed by atoms with Gasteiger partial charge in [0.15, 0.2) is 0 Å². The normalized spacial score (nSPS) is 11.1. The molecule has 1 N–H and O–H groups in total. The highest BCUT2D eigenvalue weighted by Gasteiger charge is 2.07. The van der Waals surface area contributed by atoms with Crippen molar-refractivity contribution < 1.29 is 9.53 Å². The lowest BCUT2D eigenvalue weighted by Crippen LogP contribution is -2.12. The van der Waals surface area contributed by atoms with Crippen LogP contribution >= 0.6 is 11.8 Å². The highest BCUT2D eigenvalue weighted by atomic mass is 32.2. The Morgan fingerprint density at radius 3 is 2.35 bits per heavy atom. The third-order valence-electron chi connectivity index (χ3n) is 2.96. The molecule has 2 rings (SSSR count). The molecule has 0 spiro atoms. The number of carbonyl (C=O) groups is 1. The van der Waals surface area contributed by atoms with Crippen molar-refractivity contribution in [1.29, 1.82) is 0 Å². The summed E-state index contributed by atoms with van der Waals surface area (Å²) in [6, 6.07) is 19.7. The summed E-state index contributed by atoms with van der Waals surface area (Å²) in [6.07, 6.45) is 0. The zero-order chi connectivity index (χ0) is 16.3. The van der Waals surface area contributed by atoms with Crippen LogP contribution in [0.1, 0.15) is 12.5 Å². The van der Waals surface area contributed by atoms with E-state index in [-0.39, 0.29) is 5.97 Å². The summed E-state index contributed by atoms with van der Waals surface area (Å²) in [7, 11) is 0. The fourth-order valence-electron chi connectivity index (χ4n) is 1.89. The van der Waals surface area contributed by atoms with E-state index in [9.17, 15) is 4.79 Å². The average molecular weight is 328 g/mol. The number of thioether (sulfide) groups is 1. The SMILES string of the molecule is CCOC(=O)CSC/C(=N\Nc1ccccc1)c1ccccc1. The van der Waals surface area contributed by atoms with Crippen LogP contribution in [0.5, 0.6) is 0 Å². The molecule has 0 radical (unpaired) electrons. The largest absolute Gasteiger partial charge is 0.465 e. The van der Waals surface area contributed by atoms with Gasteiger partial charge in [-0.15, -0.1) is 11.8 Å². The third kappa shape index (κ3) is 6.16. The molecule has 0 saturated carbocycles. The van der Waals surface area contributed by atoms with Crippen LogP contribution in [0.2, 0.25) is 0 Å². The molecule has 0 saturated heterocycles. The lowest BCUT2D eigenvalue weighted by molar-refractivity contribution is -0.139. The van der Waals surface area contributed by atoms with Crippen molar-refractivity contribution >= 4 is 29.1 Å². The first-order valence-corrected chi connectivity index (χ1v) is 8.61. The lowest BCUT2D eigenvalue weighted by Gasteiger charge is -2.08. The van der Waals surface area contributed by atoms with E-state index in [1.807, 2.05) is 67.6 Å². The molecule has 23 heavy (non-hydrogen) atoms. The van der Waals surface area contributed by atoms with Crippen LogP contribution in [0.4, 0.5) is 5.69 Å². The van der Waals surface area contributed by atoms with Crippen LogP contribution in [0.3, 0.4) is 0 Å². The number of nitrogens with zero attached hydrogens (tertiary/aromatic N) is 1. The maximum Gasteiger partial charge on any atom is 0.315 e. The van der Waals surface area contributed by atoms with Gasteiger partial charge in [0.1, 0.15) is 0 Å². The number of ether oxygens (including phenoxy) is 1. The summed E-state index contributed by atoms with van der Waals surface area (Å²) < 4.78 is 4.94. The number of nitrogens with one attached hydrogen (secondary N) is 1. The van der Waals surface area contributed by atoms with Crippen LogP contribution in [0.15, 0.2) is 65.8 Å². The van der Waals surface area contributed by atoms with Crippen molar-refractivity contribution in [1.82, 2.24) is 0 Å². The second kappa shape index (κ2) is 9.69. The van der Waals surface area contributed by atoms with Crippen molar-refractivity contribution in [3.05, 3.63) is 66.2 Å². The fraction of sp³-hybridized carbons (Fsp3) is 0.222. The summed E-state index contributed by atoms with van der Waals surface area (Å²) in [4.78, 5) is 11.4. The zero-order valence-electron chi connectivity index (χ0n) is 13.1. The molecule has 0 aromatic heterocycles. The molecule has 0 bridgehead atoms. The number of carbonyl (C=O) groups excluding carboxylic acids is 1. The Bertz CT molecular complexity index is 630. The Labute approximate surface area is 140 Å². The maximum atomic E-state index is 11.4. The van der Waals surface area contributed by atoms with E-state index >= 15 is 0 Å². The average Bonchev–Trinajstić information content (AvgIpc) is 2.60. The summed E-state index contributed by atoms with van der Waals surface area (Å²) >= 11 is 1.49. The zero-order valence-corrected chi connectivity index (χ0v) is 13.9. The highest BCUT2D eigenvalue weighted by molar-refractivity contribution is 8.00. The van der Waals surface area contributed by atoms with Gasteiger partial charge in [-0.1, -0.05) is 48.5 Å². The smallest absolute Gasteiger partial charge is 0.315 e. The van der Waals surface area contributed by atoms with Crippen molar-refractivity contribution in [3.63, 3.8) is 0 Å². The van der Waals surface area contributed by atoms with E-state index < -0.39 is 0 Å². The van der Waals surface area contributed by atoms with Crippen molar-refractivity contribution in [2.45, 2.75) is 6.92 Å². The van der Waals surface area contributed by atoms with Gasteiger partial charge in [-0.25, -0.2) is 0 Å². The molecule has 2 aromatic carbocycles. The number of benzene rings is 2. The third-order valence-corrected chi connectivity index (χ3v) is 3.88. The van der Waals surface area contributed by atoms with Gasteiger partial charge >= 0.3 is 5.97 Å². The highest BCUT2D eigenvalue weighted by Crippen LogP contribution is 2.11. The maximum absolute atomic E-state index is 11.4. The van der Waals surface area contributed by atoms with Crippen molar-refractivity contribution in [3.8, 4) is 0 Å². The molecule has 0 aliphatic heterocycles. The molecule has 2 aromatic rings. The van der Waals surface area contributed by atoms with Gasteiger partial charge in [0.25, 0.3) is 0 Å². The van der Waals surface area contributed by atoms with Gasteiger partial charge in [-0.2, -0.15) is 5.10 Å². The molecule has 0 aliphatic rings. The van der Waals surface area contributed by atoms with E-state index in [4.69, 9.17) is 4.74 Å². The fourth-order valence-corrected chi connectivity index (χ4v) is 2.67. The molecule has 0 unspecified atom stereocenters. The number of esters is 1. The van der Waals surface area contributed by atoms with Crippen LogP contribution < -0.4 is 5.43 Å². The Balaban J connectivity index is 2.02. The van der Waals surface area contributed by atoms with Crippen LogP contribution in [-0.2, 0) is 9.53 Å². The van der Waals surface area contributed by atoms with Crippen LogP contribution in [-0.4, -0.2) is 29.8 Å². The Morgan fingerprint density at radius 2 is 1.70 bits per heavy atom. The number of para-hydroxylation sites is 1. The molecular formula is C18H20N2O2S. The van der Waals surface area contributed by atoms with Gasteiger partial charge < -0.3 is 4.74 Å². The Kier molecular flexibility index (Phi) is 7.20. The number of hydrazone groups is 1. The lowest BCUT2D eigenvalue weighted by atomic mass is 10.1. The molecule has 0 atom stereocenters. The van der Waals surface area contributed by atoms with Crippen molar-refractivity contribution in [2.24, 2.45) is 5.10 Å². The predicted molar refractivity (Wildman–Crippen MR) is 97.0 cm³/mol. The molecule has 4 nitrogen and oxygen atoms in total. The first-order chi connectivity index (χ1) is 11.3. The monoisotopic (exact) mass is 328 g/mol. The Hall–Kier alpha value is -2.27. The van der Waals surface area contributed by atoms with Crippen LogP contribution in [0, 0.1) is 0 Å². The topological polar surface area (TPSA) is 50.7 Å². The minimum absolute atomic E-state index is 0.194. The minimum Gasteiger partial charge on any atom is -0.465 e. The van der Waals surface area contributed by atoms with Crippen LogP contribution in [0.25, 0.3) is 0 Å². The quantitative estimate of drug-likeness (QED) is 0.455. The summed E-state index contributed by atoms with van der Waals surface area (Å²) in [5.41, 5.74) is 5.92. The predicted octanol–water partition coefficient (Wildman–Crippen LogP) is 3.80. The summed E-state index contributed by atoms with van der Waals surface area (Å²) in [6.45, 7) is 2.22. The first kappa shape index (κ1) is 17.1. The summed E-state index contributed by atoms with van der Waals surface area (Å²) in [5.74, 6) is 0.758. The molecule has 5 heteroatoms. The Morgan fingerprint density at radius 1 is 1.04 bits per heavy atom. The molecule has 0 aliphatic carbocycles. The molecule has 0 fully saturated rings. The second-order valence-corrected chi connectivity index (χ2v) is 5.69. The summed E-state index contributed by atoms with van der Waals surface area (Å²) in [5, 5.41) is 4.50. The van der Waals surface area contributed by atoms with Gasteiger partial charge in [-0.05, 0) is 24.6 Å². The van der Waals surface area contributed by atoms with Gasteiger partial charge in [0.05, 0.1) is 23.8 Å². The van der Waals surface area contributed by atoms with E-state index in [0.29, 0.717) is 18.1 Å². The molecule has 0 heterocycles.